The maximum absolute atomic E-state index is 14.7. The first-order chi connectivity index (χ1) is 11.0. The Morgan fingerprint density at radius 2 is 1.92 bits per heavy atom. The topological polar surface area (TPSA) is 78.8 Å². The first-order valence-corrected chi connectivity index (χ1v) is 7.53. The van der Waals surface area contributed by atoms with Crippen LogP contribution in [0.3, 0.4) is 0 Å². The monoisotopic (exact) mass is 337 g/mol. The molecule has 5 nitrogen and oxygen atoms in total. The summed E-state index contributed by atoms with van der Waals surface area (Å²) < 4.78 is 19.8. The van der Waals surface area contributed by atoms with E-state index in [9.17, 15) is 19.4 Å². The van der Waals surface area contributed by atoms with Crippen LogP contribution in [0.15, 0.2) is 35.8 Å². The van der Waals surface area contributed by atoms with Gasteiger partial charge in [-0.1, -0.05) is 18.2 Å². The molecule has 0 atom stereocenters. The number of benzene rings is 1. The third-order valence-corrected chi connectivity index (χ3v) is 2.93. The molecule has 0 fully saturated rings. The van der Waals surface area contributed by atoms with Crippen LogP contribution in [0, 0.1) is 5.82 Å². The Bertz CT molecular complexity index is 664. The molecule has 1 aromatic carbocycles. The summed E-state index contributed by atoms with van der Waals surface area (Å²) in [4.78, 5) is 11.7. The summed E-state index contributed by atoms with van der Waals surface area (Å²) in [5.74, 6) is -0.774. The third kappa shape index (κ3) is 5.95. The highest BCUT2D eigenvalue weighted by Crippen LogP contribution is 2.25. The molecule has 1 aromatic rings. The van der Waals surface area contributed by atoms with Crippen LogP contribution in [0.4, 0.5) is 9.18 Å². The van der Waals surface area contributed by atoms with Gasteiger partial charge in [0.25, 0.3) is 0 Å². The Hall–Kier alpha value is -2.50. The van der Waals surface area contributed by atoms with Crippen molar-refractivity contribution in [1.29, 1.82) is 0 Å². The van der Waals surface area contributed by atoms with Crippen LogP contribution in [-0.4, -0.2) is 21.9 Å². The molecule has 6 heteroatoms. The van der Waals surface area contributed by atoms with E-state index in [2.05, 4.69) is 5.32 Å². The van der Waals surface area contributed by atoms with E-state index >= 15 is 0 Å². The van der Waals surface area contributed by atoms with Crippen molar-refractivity contribution in [3.8, 4) is 0 Å². The van der Waals surface area contributed by atoms with E-state index in [1.54, 1.807) is 26.8 Å². The van der Waals surface area contributed by atoms with Gasteiger partial charge < -0.3 is 20.3 Å². The maximum Gasteiger partial charge on any atom is 0.407 e. The molecular weight excluding hydrogens is 313 g/mol. The first kappa shape index (κ1) is 19.5. The molecule has 24 heavy (non-hydrogen) atoms. The number of alkyl carbamates (subject to hydrolysis) is 1. The normalized spacial score (nSPS) is 13.3. The fraction of sp³-hybridized carbons (Fsp3) is 0.389. The van der Waals surface area contributed by atoms with E-state index in [0.29, 0.717) is 0 Å². The lowest BCUT2D eigenvalue weighted by molar-refractivity contribution is 0.0523. The van der Waals surface area contributed by atoms with Crippen molar-refractivity contribution >= 4 is 11.7 Å². The van der Waals surface area contributed by atoms with Gasteiger partial charge in [-0.3, -0.25) is 0 Å². The molecule has 0 bridgehead atoms. The number of hydrogen-bond donors (Lipinski definition) is 3. The van der Waals surface area contributed by atoms with Crippen LogP contribution in [-0.2, 0) is 11.3 Å². The Morgan fingerprint density at radius 1 is 1.29 bits per heavy atom. The largest absolute Gasteiger partial charge is 0.513 e. The van der Waals surface area contributed by atoms with Crippen molar-refractivity contribution in [1.82, 2.24) is 5.32 Å². The number of rotatable bonds is 4. The molecule has 0 saturated heterocycles. The van der Waals surface area contributed by atoms with E-state index in [-0.39, 0.29) is 34.8 Å². The summed E-state index contributed by atoms with van der Waals surface area (Å²) in [5, 5.41) is 21.6. The predicted molar refractivity (Wildman–Crippen MR) is 91.1 cm³/mol. The Morgan fingerprint density at radius 3 is 2.42 bits per heavy atom. The molecule has 0 radical (unpaired) electrons. The van der Waals surface area contributed by atoms with Gasteiger partial charge in [0.15, 0.2) is 0 Å². The summed E-state index contributed by atoms with van der Waals surface area (Å²) in [6, 6.07) is 4.62. The predicted octanol–water partition coefficient (Wildman–Crippen LogP) is 4.60. The molecule has 3 N–H and O–H groups in total. The molecule has 0 unspecified atom stereocenters. The lowest BCUT2D eigenvalue weighted by atomic mass is 10.0. The molecule has 132 valence electrons. The maximum atomic E-state index is 14.7. The van der Waals surface area contributed by atoms with Gasteiger partial charge in [0.2, 0.25) is 0 Å². The van der Waals surface area contributed by atoms with Gasteiger partial charge in [0.1, 0.15) is 11.4 Å². The lowest BCUT2D eigenvalue weighted by Crippen LogP contribution is -2.32. The number of allylic oxidation sites excluding steroid dienone is 4. The van der Waals surface area contributed by atoms with Crippen LogP contribution >= 0.6 is 0 Å². The van der Waals surface area contributed by atoms with Crippen LogP contribution in [0.25, 0.3) is 5.57 Å². The van der Waals surface area contributed by atoms with Gasteiger partial charge in [0, 0.05) is 23.2 Å². The van der Waals surface area contributed by atoms with E-state index in [0.717, 1.165) is 0 Å². The number of aliphatic hydroxyl groups is 2. The van der Waals surface area contributed by atoms with Gasteiger partial charge in [-0.15, -0.1) is 0 Å². The van der Waals surface area contributed by atoms with Crippen molar-refractivity contribution in [3.63, 3.8) is 0 Å². The number of halogens is 1. The van der Waals surface area contributed by atoms with Crippen LogP contribution in [0.5, 0.6) is 0 Å². The zero-order chi connectivity index (χ0) is 18.5. The Balaban J connectivity index is 3.04. The number of aliphatic hydroxyl groups excluding tert-OH is 2. The zero-order valence-corrected chi connectivity index (χ0v) is 14.6. The Labute approximate surface area is 141 Å². The highest BCUT2D eigenvalue weighted by atomic mass is 19.1. The summed E-state index contributed by atoms with van der Waals surface area (Å²) in [5.41, 5.74) is -0.0997. The number of ether oxygens (including phenoxy) is 1. The molecule has 0 spiro atoms. The van der Waals surface area contributed by atoms with Gasteiger partial charge >= 0.3 is 6.09 Å². The van der Waals surface area contributed by atoms with E-state index in [4.69, 9.17) is 4.74 Å². The standard InChI is InChI=1S/C18H24FNO4/c1-11(21)9-15(12(2)22)14-8-6-7-13(16(14)19)10-20-17(23)24-18(3,4)5/h6-9,21-22H,10H2,1-5H3,(H,20,23)/b11-9+,15-12-. The third-order valence-electron chi connectivity index (χ3n) is 2.93. The van der Waals surface area contributed by atoms with Crippen LogP contribution < -0.4 is 5.32 Å². The highest BCUT2D eigenvalue weighted by Gasteiger charge is 2.17. The second kappa shape index (κ2) is 7.86. The minimum atomic E-state index is -0.646. The second-order valence-electron chi connectivity index (χ2n) is 6.42. The fourth-order valence-corrected chi connectivity index (χ4v) is 1.99. The zero-order valence-electron chi connectivity index (χ0n) is 14.6. The summed E-state index contributed by atoms with van der Waals surface area (Å²) in [6.45, 7) is 7.97. The number of amides is 1. The molecule has 0 heterocycles. The summed E-state index contributed by atoms with van der Waals surface area (Å²) in [7, 11) is 0. The fourth-order valence-electron chi connectivity index (χ4n) is 1.99. The average molecular weight is 337 g/mol. The average Bonchev–Trinajstić information content (AvgIpc) is 2.41. The van der Waals surface area contributed by atoms with Gasteiger partial charge in [0.05, 0.1) is 11.5 Å². The number of carbonyl (C=O) groups is 1. The molecular formula is C18H24FNO4. The second-order valence-corrected chi connectivity index (χ2v) is 6.42. The van der Waals surface area contributed by atoms with Gasteiger partial charge in [-0.2, -0.15) is 0 Å². The van der Waals surface area contributed by atoms with Crippen molar-refractivity contribution in [2.24, 2.45) is 0 Å². The Kier molecular flexibility index (Phi) is 6.40. The van der Waals surface area contributed by atoms with Crippen LogP contribution in [0.2, 0.25) is 0 Å². The highest BCUT2D eigenvalue weighted by molar-refractivity contribution is 5.76. The molecule has 0 aliphatic heterocycles. The lowest BCUT2D eigenvalue weighted by Gasteiger charge is -2.20. The quantitative estimate of drug-likeness (QED) is 0.554. The number of carbonyl (C=O) groups excluding carboxylic acids is 1. The minimum absolute atomic E-state index is 0.0601. The van der Waals surface area contributed by atoms with Crippen molar-refractivity contribution in [2.75, 3.05) is 0 Å². The minimum Gasteiger partial charge on any atom is -0.513 e. The van der Waals surface area contributed by atoms with Crippen molar-refractivity contribution in [3.05, 3.63) is 52.7 Å². The van der Waals surface area contributed by atoms with Gasteiger partial charge in [-0.25, -0.2) is 9.18 Å². The smallest absolute Gasteiger partial charge is 0.407 e. The molecule has 1 rings (SSSR count). The molecule has 0 aromatic heterocycles. The molecule has 0 aliphatic carbocycles. The molecule has 0 aliphatic rings. The van der Waals surface area contributed by atoms with Crippen molar-refractivity contribution in [2.45, 2.75) is 46.8 Å². The van der Waals surface area contributed by atoms with Gasteiger partial charge in [-0.05, 0) is 40.7 Å². The SMILES string of the molecule is C/C(O)=C(\C=C(/C)O)c1cccc(CNC(=O)OC(C)(C)C)c1F. The van der Waals surface area contributed by atoms with Crippen molar-refractivity contribution < 1.29 is 24.1 Å². The van der Waals surface area contributed by atoms with E-state index in [1.165, 1.54) is 32.1 Å². The number of hydrogen-bond acceptors (Lipinski definition) is 4. The van der Waals surface area contributed by atoms with Crippen LogP contribution in [0.1, 0.15) is 45.7 Å². The summed E-state index contributed by atoms with van der Waals surface area (Å²) in [6.07, 6.45) is 0.631. The molecule has 1 amide bonds. The van der Waals surface area contributed by atoms with E-state index < -0.39 is 17.5 Å². The summed E-state index contributed by atoms with van der Waals surface area (Å²) >= 11 is 0. The first-order valence-electron chi connectivity index (χ1n) is 7.53. The molecule has 0 saturated carbocycles. The van der Waals surface area contributed by atoms with E-state index in [1.807, 2.05) is 0 Å². The number of nitrogens with one attached hydrogen (secondary N) is 1.